The second-order valence-corrected chi connectivity index (χ2v) is 2.88. The molecule has 0 aliphatic heterocycles. The van der Waals surface area contributed by atoms with Crippen LogP contribution in [0.3, 0.4) is 0 Å². The van der Waals surface area contributed by atoms with Crippen LogP contribution in [0.4, 0.5) is 0 Å². The van der Waals surface area contributed by atoms with E-state index in [1.54, 1.807) is 0 Å². The Hall–Kier alpha value is 0.544. The Balaban J connectivity index is 0.000000320. The summed E-state index contributed by atoms with van der Waals surface area (Å²) in [5.41, 5.74) is 0. The van der Waals surface area contributed by atoms with Crippen molar-refractivity contribution in [1.82, 2.24) is 0 Å². The molecule has 2 atom stereocenters. The first-order valence-electron chi connectivity index (χ1n) is 3.04. The molecule has 8 heavy (non-hydrogen) atoms. The summed E-state index contributed by atoms with van der Waals surface area (Å²) in [7, 11) is 0. The fourth-order valence-corrected chi connectivity index (χ4v) is 1.68. The van der Waals surface area contributed by atoms with Gasteiger partial charge in [0, 0.05) is 18.6 Å². The Morgan fingerprint density at radius 3 is 1.75 bits per heavy atom. The Morgan fingerprint density at radius 1 is 1.00 bits per heavy atom. The van der Waals surface area contributed by atoms with Crippen LogP contribution in [0.5, 0.6) is 0 Å². The van der Waals surface area contributed by atoms with E-state index in [2.05, 4.69) is 0 Å². The molecule has 0 heterocycles. The molecule has 2 heteroatoms. The van der Waals surface area contributed by atoms with Gasteiger partial charge in [-0.2, -0.15) is 0 Å². The van der Waals surface area contributed by atoms with Gasteiger partial charge in [-0.3, -0.25) is 0 Å². The Morgan fingerprint density at radius 2 is 1.50 bits per heavy atom. The molecule has 2 rings (SSSR count). The van der Waals surface area contributed by atoms with Crippen molar-refractivity contribution in [2.24, 2.45) is 11.8 Å². The topological polar surface area (TPSA) is 20.2 Å². The van der Waals surface area contributed by atoms with Gasteiger partial charge in [0.25, 0.3) is 0 Å². The fourth-order valence-electron chi connectivity index (χ4n) is 1.68. The first-order valence-corrected chi connectivity index (χ1v) is 3.04. The fraction of sp³-hybridized carbons (Fsp3) is 1.00. The molecule has 2 saturated carbocycles. The Labute approximate surface area is 61.4 Å². The first kappa shape index (κ1) is 6.66. The molecule has 2 fully saturated rings. The van der Waals surface area contributed by atoms with Crippen LogP contribution >= 0.6 is 0 Å². The minimum Gasteiger partial charge on any atom is -0.393 e. The summed E-state index contributed by atoms with van der Waals surface area (Å²) in [6.45, 7) is 0. The predicted octanol–water partition coefficient (Wildman–Crippen LogP) is 0.775. The Kier molecular flexibility index (Phi) is 1.71. The average Bonchev–Trinajstić information content (AvgIpc) is 2.15. The van der Waals surface area contributed by atoms with Crippen LogP contribution in [0.25, 0.3) is 0 Å². The maximum atomic E-state index is 8.93. The summed E-state index contributed by atoms with van der Waals surface area (Å²) >= 11 is 0. The second kappa shape index (κ2) is 2.05. The van der Waals surface area contributed by atoms with Crippen molar-refractivity contribution in [2.75, 3.05) is 0 Å². The van der Waals surface area contributed by atoms with Crippen LogP contribution in [0, 0.1) is 11.8 Å². The van der Waals surface area contributed by atoms with Crippen LogP contribution in [0.1, 0.15) is 19.3 Å². The smallest absolute Gasteiger partial charge is 0.0545 e. The van der Waals surface area contributed by atoms with Crippen LogP contribution in [0.15, 0.2) is 0 Å². The van der Waals surface area contributed by atoms with Crippen molar-refractivity contribution in [3.63, 3.8) is 0 Å². The van der Waals surface area contributed by atoms with Crippen LogP contribution in [-0.2, 0) is 18.6 Å². The van der Waals surface area contributed by atoms with E-state index in [4.69, 9.17) is 5.11 Å². The molecule has 0 amide bonds. The van der Waals surface area contributed by atoms with E-state index >= 15 is 0 Å². The third-order valence-corrected chi connectivity index (χ3v) is 2.22. The van der Waals surface area contributed by atoms with Gasteiger partial charge in [-0.1, -0.05) is 0 Å². The van der Waals surface area contributed by atoms with Gasteiger partial charge in [0.1, 0.15) is 0 Å². The van der Waals surface area contributed by atoms with Gasteiger partial charge in [0.15, 0.2) is 0 Å². The van der Waals surface area contributed by atoms with Gasteiger partial charge in [0.05, 0.1) is 6.10 Å². The van der Waals surface area contributed by atoms with E-state index in [0.29, 0.717) is 0 Å². The zero-order valence-electron chi connectivity index (χ0n) is 4.75. The summed E-state index contributed by atoms with van der Waals surface area (Å²) < 4.78 is 0. The third kappa shape index (κ3) is 0.951. The number of fused-ring (bicyclic) bond motifs is 1. The van der Waals surface area contributed by atoms with E-state index < -0.39 is 0 Å². The quantitative estimate of drug-likeness (QED) is 0.539. The van der Waals surface area contributed by atoms with Crippen LogP contribution < -0.4 is 0 Å². The van der Waals surface area contributed by atoms with Gasteiger partial charge in [0.2, 0.25) is 0 Å². The molecule has 2 aliphatic carbocycles. The summed E-state index contributed by atoms with van der Waals surface area (Å²) in [5.74, 6) is 1.88. The van der Waals surface area contributed by atoms with Gasteiger partial charge in [-0.05, 0) is 31.1 Å². The number of aliphatic hydroxyl groups is 1. The van der Waals surface area contributed by atoms with Crippen molar-refractivity contribution in [2.45, 2.75) is 25.4 Å². The van der Waals surface area contributed by atoms with E-state index in [9.17, 15) is 0 Å². The molecule has 0 spiro atoms. The molecule has 1 nitrogen and oxygen atoms in total. The third-order valence-electron chi connectivity index (χ3n) is 2.22. The molecule has 1 N–H and O–H groups in total. The number of rotatable bonds is 0. The van der Waals surface area contributed by atoms with Crippen molar-refractivity contribution in [1.29, 1.82) is 0 Å². The van der Waals surface area contributed by atoms with Crippen molar-refractivity contribution in [3.05, 3.63) is 0 Å². The summed E-state index contributed by atoms with van der Waals surface area (Å²) in [6, 6.07) is 0. The van der Waals surface area contributed by atoms with Crippen molar-refractivity contribution < 1.29 is 23.7 Å². The van der Waals surface area contributed by atoms with Crippen molar-refractivity contribution in [3.8, 4) is 0 Å². The zero-order valence-corrected chi connectivity index (χ0v) is 6.14. The second-order valence-electron chi connectivity index (χ2n) is 2.88. The SMILES string of the molecule is OC1CC2CC2C1.[V]. The van der Waals surface area contributed by atoms with E-state index in [1.165, 1.54) is 6.42 Å². The minimum absolute atomic E-state index is 0. The monoisotopic (exact) mass is 149 g/mol. The van der Waals surface area contributed by atoms with E-state index in [-0.39, 0.29) is 24.7 Å². The van der Waals surface area contributed by atoms with Crippen molar-refractivity contribution >= 4 is 0 Å². The van der Waals surface area contributed by atoms with E-state index in [0.717, 1.165) is 24.7 Å². The molecular weight excluding hydrogens is 139 g/mol. The average molecular weight is 149 g/mol. The molecular formula is C6H10OV. The molecule has 0 aromatic rings. The molecule has 0 aromatic carbocycles. The summed E-state index contributed by atoms with van der Waals surface area (Å²) in [4.78, 5) is 0. The molecule has 0 aromatic heterocycles. The molecule has 2 aliphatic rings. The van der Waals surface area contributed by atoms with Crippen LogP contribution in [0.2, 0.25) is 0 Å². The van der Waals surface area contributed by atoms with Gasteiger partial charge in [-0.15, -0.1) is 0 Å². The largest absolute Gasteiger partial charge is 0.393 e. The molecule has 2 unspecified atom stereocenters. The first-order chi connectivity index (χ1) is 3.36. The predicted molar refractivity (Wildman–Crippen MR) is 26.8 cm³/mol. The van der Waals surface area contributed by atoms with Crippen LogP contribution in [-0.4, -0.2) is 11.2 Å². The van der Waals surface area contributed by atoms with Gasteiger partial charge in [-0.25, -0.2) is 0 Å². The maximum absolute atomic E-state index is 8.93. The summed E-state index contributed by atoms with van der Waals surface area (Å²) in [6.07, 6.45) is 3.69. The van der Waals surface area contributed by atoms with E-state index in [1.807, 2.05) is 0 Å². The number of aliphatic hydroxyl groups excluding tert-OH is 1. The zero-order chi connectivity index (χ0) is 4.85. The van der Waals surface area contributed by atoms with Gasteiger partial charge >= 0.3 is 0 Å². The number of hydrogen-bond donors (Lipinski definition) is 1. The molecule has 0 saturated heterocycles. The maximum Gasteiger partial charge on any atom is 0.0545 e. The minimum atomic E-state index is 0. The molecule has 45 valence electrons. The normalized spacial score (nSPS) is 49.9. The Bertz CT molecular complexity index is 84.5. The summed E-state index contributed by atoms with van der Waals surface area (Å²) in [5, 5.41) is 8.93. The standard InChI is InChI=1S/C6H10O.V/c7-6-2-4-1-5(4)3-6;/h4-7H,1-3H2;. The molecule has 1 radical (unpaired) electrons. The van der Waals surface area contributed by atoms with Gasteiger partial charge < -0.3 is 5.11 Å². The number of hydrogen-bond acceptors (Lipinski definition) is 1. The molecule has 0 bridgehead atoms.